The second-order valence-corrected chi connectivity index (χ2v) is 5.41. The molecule has 1 aromatic carbocycles. The zero-order valence-corrected chi connectivity index (χ0v) is 10.9. The van der Waals surface area contributed by atoms with E-state index >= 15 is 0 Å². The normalized spacial score (nSPS) is 20.1. The maximum Gasteiger partial charge on any atom is 0.406 e. The number of hydrogen-bond donors (Lipinski definition) is 1. The predicted octanol–water partition coefficient (Wildman–Crippen LogP) is 4.19. The molecule has 0 radical (unpaired) electrons. The van der Waals surface area contributed by atoms with E-state index in [-0.39, 0.29) is 18.9 Å². The van der Waals surface area contributed by atoms with E-state index < -0.39 is 11.7 Å². The van der Waals surface area contributed by atoms with E-state index in [1.165, 1.54) is 0 Å². The fourth-order valence-electron chi connectivity index (χ4n) is 1.88. The Morgan fingerprint density at radius 3 is 2.18 bits per heavy atom. The highest BCUT2D eigenvalue weighted by molar-refractivity contribution is 9.10. The number of alkyl halides is 3. The monoisotopic (exact) mass is 307 g/mol. The van der Waals surface area contributed by atoms with Crippen LogP contribution in [0.5, 0.6) is 0 Å². The second-order valence-electron chi connectivity index (χ2n) is 4.50. The van der Waals surface area contributed by atoms with Gasteiger partial charge in [-0.15, -0.1) is 0 Å². The van der Waals surface area contributed by atoms with Gasteiger partial charge in [0, 0.05) is 10.5 Å². The summed E-state index contributed by atoms with van der Waals surface area (Å²) in [5, 5.41) is 2.70. The average molecular weight is 308 g/mol. The fourth-order valence-corrected chi connectivity index (χ4v) is 2.15. The van der Waals surface area contributed by atoms with Crippen LogP contribution in [0.4, 0.5) is 13.2 Å². The summed E-state index contributed by atoms with van der Waals surface area (Å²) in [7, 11) is 0. The van der Waals surface area contributed by atoms with Gasteiger partial charge in [0.1, 0.15) is 5.54 Å². The maximum atomic E-state index is 12.8. The Bertz CT molecular complexity index is 395. The third kappa shape index (κ3) is 2.65. The first-order valence-corrected chi connectivity index (χ1v) is 6.23. The Hall–Kier alpha value is -0.550. The Labute approximate surface area is 107 Å². The molecule has 0 heterocycles. The number of halogens is 4. The predicted molar refractivity (Wildman–Crippen MR) is 63.7 cm³/mol. The van der Waals surface area contributed by atoms with Gasteiger partial charge in [0.15, 0.2) is 0 Å². The van der Waals surface area contributed by atoms with Crippen LogP contribution in [0.3, 0.4) is 0 Å². The van der Waals surface area contributed by atoms with E-state index in [1.807, 2.05) is 24.3 Å². The lowest BCUT2D eigenvalue weighted by Gasteiger charge is -2.25. The molecule has 0 aliphatic heterocycles. The van der Waals surface area contributed by atoms with Gasteiger partial charge in [-0.3, -0.25) is 5.32 Å². The Kier molecular flexibility index (Phi) is 3.25. The fraction of sp³-hybridized carbons (Fsp3) is 0.500. The van der Waals surface area contributed by atoms with Crippen molar-refractivity contribution in [3.05, 3.63) is 34.3 Å². The number of nitrogens with one attached hydrogen (secondary N) is 1. The summed E-state index contributed by atoms with van der Waals surface area (Å²) in [4.78, 5) is 0. The van der Waals surface area contributed by atoms with Crippen molar-refractivity contribution in [2.75, 3.05) is 0 Å². The molecule has 0 saturated heterocycles. The van der Waals surface area contributed by atoms with Gasteiger partial charge < -0.3 is 0 Å². The molecule has 5 heteroatoms. The zero-order chi connectivity index (χ0) is 12.7. The van der Waals surface area contributed by atoms with E-state index in [0.717, 1.165) is 10.0 Å². The summed E-state index contributed by atoms with van der Waals surface area (Å²) in [6, 6.07) is 7.02. The maximum absolute atomic E-state index is 12.8. The molecule has 1 atom stereocenters. The summed E-state index contributed by atoms with van der Waals surface area (Å²) >= 11 is 3.30. The van der Waals surface area contributed by atoms with Crippen LogP contribution in [0, 0.1) is 0 Å². The Morgan fingerprint density at radius 2 is 1.76 bits per heavy atom. The van der Waals surface area contributed by atoms with E-state index in [9.17, 15) is 13.2 Å². The van der Waals surface area contributed by atoms with Crippen LogP contribution >= 0.6 is 15.9 Å². The van der Waals surface area contributed by atoms with Crippen molar-refractivity contribution in [3.63, 3.8) is 0 Å². The van der Waals surface area contributed by atoms with Crippen molar-refractivity contribution >= 4 is 15.9 Å². The van der Waals surface area contributed by atoms with Crippen molar-refractivity contribution < 1.29 is 13.2 Å². The molecule has 1 saturated carbocycles. The molecule has 1 aromatic rings. The van der Waals surface area contributed by atoms with Crippen LogP contribution in [-0.2, 0) is 0 Å². The third-order valence-electron chi connectivity index (χ3n) is 3.16. The lowest BCUT2D eigenvalue weighted by atomic mass is 10.1. The largest absolute Gasteiger partial charge is 0.406 e. The van der Waals surface area contributed by atoms with Crippen molar-refractivity contribution in [1.82, 2.24) is 5.32 Å². The zero-order valence-electron chi connectivity index (χ0n) is 9.31. The standard InChI is InChI=1S/C12H13BrF3N/c1-8(9-2-4-10(13)5-3-9)17-11(6-7-11)12(14,15)16/h2-5,8,17H,6-7H2,1H3. The van der Waals surface area contributed by atoms with Gasteiger partial charge in [-0.2, -0.15) is 13.2 Å². The molecule has 0 bridgehead atoms. The lowest BCUT2D eigenvalue weighted by Crippen LogP contribution is -2.45. The molecule has 94 valence electrons. The molecule has 1 N–H and O–H groups in total. The molecule has 1 nitrogen and oxygen atoms in total. The number of rotatable bonds is 3. The minimum Gasteiger partial charge on any atom is -0.297 e. The van der Waals surface area contributed by atoms with Gasteiger partial charge in [0.25, 0.3) is 0 Å². The molecular weight excluding hydrogens is 295 g/mol. The first-order valence-electron chi connectivity index (χ1n) is 5.44. The minimum atomic E-state index is -4.16. The van der Waals surface area contributed by atoms with Gasteiger partial charge in [0.2, 0.25) is 0 Å². The molecular formula is C12H13BrF3N. The highest BCUT2D eigenvalue weighted by Crippen LogP contribution is 2.50. The Morgan fingerprint density at radius 1 is 1.24 bits per heavy atom. The molecule has 1 fully saturated rings. The number of hydrogen-bond acceptors (Lipinski definition) is 1. The van der Waals surface area contributed by atoms with Crippen LogP contribution < -0.4 is 5.32 Å². The summed E-state index contributed by atoms with van der Waals surface area (Å²) < 4.78 is 39.2. The first kappa shape index (κ1) is 12.9. The van der Waals surface area contributed by atoms with Gasteiger partial charge >= 0.3 is 6.18 Å². The van der Waals surface area contributed by atoms with Crippen LogP contribution in [0.1, 0.15) is 31.4 Å². The molecule has 2 rings (SSSR count). The smallest absolute Gasteiger partial charge is 0.297 e. The topological polar surface area (TPSA) is 12.0 Å². The van der Waals surface area contributed by atoms with Crippen molar-refractivity contribution in [3.8, 4) is 0 Å². The van der Waals surface area contributed by atoms with E-state index in [4.69, 9.17) is 0 Å². The number of benzene rings is 1. The van der Waals surface area contributed by atoms with Crippen molar-refractivity contribution in [2.24, 2.45) is 0 Å². The molecule has 0 spiro atoms. The average Bonchev–Trinajstić information content (AvgIpc) is 2.98. The van der Waals surface area contributed by atoms with Crippen LogP contribution in [0.25, 0.3) is 0 Å². The van der Waals surface area contributed by atoms with Gasteiger partial charge in [-0.1, -0.05) is 28.1 Å². The quantitative estimate of drug-likeness (QED) is 0.882. The van der Waals surface area contributed by atoms with Crippen LogP contribution in [0.2, 0.25) is 0 Å². The first-order chi connectivity index (χ1) is 7.84. The molecule has 1 aliphatic rings. The van der Waals surface area contributed by atoms with E-state index in [2.05, 4.69) is 21.2 Å². The van der Waals surface area contributed by atoms with Gasteiger partial charge in [-0.05, 0) is 37.5 Å². The van der Waals surface area contributed by atoms with E-state index in [1.54, 1.807) is 6.92 Å². The molecule has 1 aliphatic carbocycles. The van der Waals surface area contributed by atoms with Gasteiger partial charge in [0.05, 0.1) is 0 Å². The third-order valence-corrected chi connectivity index (χ3v) is 3.68. The lowest BCUT2D eigenvalue weighted by molar-refractivity contribution is -0.167. The van der Waals surface area contributed by atoms with Crippen molar-refractivity contribution in [1.29, 1.82) is 0 Å². The summed E-state index contributed by atoms with van der Waals surface area (Å²) in [6.07, 6.45) is -3.80. The summed E-state index contributed by atoms with van der Waals surface area (Å²) in [5.41, 5.74) is -0.789. The van der Waals surface area contributed by atoms with E-state index in [0.29, 0.717) is 0 Å². The molecule has 0 aromatic heterocycles. The highest BCUT2D eigenvalue weighted by Gasteiger charge is 2.63. The van der Waals surface area contributed by atoms with Crippen LogP contribution in [0.15, 0.2) is 28.7 Å². The SMILES string of the molecule is CC(NC1(C(F)(F)F)CC1)c1ccc(Br)cc1. The molecule has 1 unspecified atom stereocenters. The summed E-state index contributed by atoms with van der Waals surface area (Å²) in [6.45, 7) is 1.76. The van der Waals surface area contributed by atoms with Crippen molar-refractivity contribution in [2.45, 2.75) is 37.5 Å². The summed E-state index contributed by atoms with van der Waals surface area (Å²) in [5.74, 6) is 0. The second kappa shape index (κ2) is 4.28. The van der Waals surface area contributed by atoms with Crippen LogP contribution in [-0.4, -0.2) is 11.7 Å². The highest BCUT2D eigenvalue weighted by atomic mass is 79.9. The van der Waals surface area contributed by atoms with Gasteiger partial charge in [-0.25, -0.2) is 0 Å². The Balaban J connectivity index is 2.07. The molecule has 17 heavy (non-hydrogen) atoms. The minimum absolute atomic E-state index is 0.178. The molecule has 0 amide bonds.